The third-order valence-corrected chi connectivity index (χ3v) is 8.83. The van der Waals surface area contributed by atoms with Crippen molar-refractivity contribution in [1.29, 1.82) is 5.26 Å². The van der Waals surface area contributed by atoms with Gasteiger partial charge in [-0.2, -0.15) is 5.26 Å². The van der Waals surface area contributed by atoms with Gasteiger partial charge in [0.2, 0.25) is 5.91 Å². The first-order valence-corrected chi connectivity index (χ1v) is 14.4. The predicted octanol–water partition coefficient (Wildman–Crippen LogP) is 6.40. The van der Waals surface area contributed by atoms with Crippen molar-refractivity contribution in [2.75, 3.05) is 11.1 Å². The summed E-state index contributed by atoms with van der Waals surface area (Å²) in [4.78, 5) is 14.1. The molecule has 2 unspecified atom stereocenters. The molecule has 1 aromatic carbocycles. The Morgan fingerprint density at radius 2 is 2.24 bits per heavy atom. The van der Waals surface area contributed by atoms with E-state index in [4.69, 9.17) is 4.74 Å². The van der Waals surface area contributed by atoms with E-state index in [1.807, 2.05) is 30.5 Å². The Hall–Kier alpha value is -3.09. The number of thioether (sulfide) groups is 1. The van der Waals surface area contributed by atoms with E-state index in [-0.39, 0.29) is 17.8 Å². The van der Waals surface area contributed by atoms with Gasteiger partial charge in [-0.05, 0) is 63.1 Å². The molecule has 1 aliphatic rings. The lowest BCUT2D eigenvalue weighted by Crippen LogP contribution is -2.16. The molecule has 2 atom stereocenters. The standard InChI is InChI=1S/C28H33N5O2S2/c1-6-12-33-26(19(5)35-23-11-8-17(3)13-18(23)4)31-32-28(33)36-16-25(34)30-27-22(15-29)21-10-9-20(7-2)14-24(21)37-27/h6,8,11,13,19-20H,1,7,9-10,12,14,16H2,2-5H3,(H,30,34). The number of carbonyl (C=O) groups excluding carboxylic acids is 1. The summed E-state index contributed by atoms with van der Waals surface area (Å²) in [5.41, 5.74) is 3.99. The second-order valence-electron chi connectivity index (χ2n) is 9.44. The van der Waals surface area contributed by atoms with Crippen molar-refractivity contribution in [3.05, 3.63) is 63.8 Å². The van der Waals surface area contributed by atoms with Gasteiger partial charge in [-0.1, -0.05) is 48.9 Å². The number of benzene rings is 1. The largest absolute Gasteiger partial charge is 0.482 e. The number of nitrogens with one attached hydrogen (secondary N) is 1. The van der Waals surface area contributed by atoms with Crippen LogP contribution < -0.4 is 10.1 Å². The van der Waals surface area contributed by atoms with E-state index >= 15 is 0 Å². The van der Waals surface area contributed by atoms with Gasteiger partial charge in [-0.25, -0.2) is 0 Å². The summed E-state index contributed by atoms with van der Waals surface area (Å²) in [6.07, 6.45) is 5.59. The lowest BCUT2D eigenvalue weighted by Gasteiger charge is -2.20. The Morgan fingerprint density at radius 3 is 2.95 bits per heavy atom. The number of amides is 1. The van der Waals surface area contributed by atoms with Crippen LogP contribution in [0.2, 0.25) is 0 Å². The lowest BCUT2D eigenvalue weighted by atomic mass is 9.86. The van der Waals surface area contributed by atoms with Crippen molar-refractivity contribution in [3.63, 3.8) is 0 Å². The summed E-state index contributed by atoms with van der Waals surface area (Å²) in [6, 6.07) is 8.39. The number of hydrogen-bond donors (Lipinski definition) is 1. The maximum absolute atomic E-state index is 12.9. The number of nitrogens with zero attached hydrogens (tertiary/aromatic N) is 4. The monoisotopic (exact) mass is 535 g/mol. The van der Waals surface area contributed by atoms with Gasteiger partial charge in [0.25, 0.3) is 0 Å². The number of ether oxygens (including phenoxy) is 1. The molecule has 0 aliphatic heterocycles. The van der Waals surface area contributed by atoms with Crippen LogP contribution in [-0.2, 0) is 24.2 Å². The fourth-order valence-electron chi connectivity index (χ4n) is 4.68. The van der Waals surface area contributed by atoms with Crippen molar-refractivity contribution >= 4 is 34.0 Å². The van der Waals surface area contributed by atoms with Crippen LogP contribution in [0.15, 0.2) is 36.0 Å². The Kier molecular flexibility index (Phi) is 8.72. The summed E-state index contributed by atoms with van der Waals surface area (Å²) >= 11 is 2.86. The van der Waals surface area contributed by atoms with Gasteiger partial charge in [0.05, 0.1) is 11.3 Å². The molecule has 3 aromatic rings. The maximum atomic E-state index is 12.9. The quantitative estimate of drug-likeness (QED) is 0.239. The molecule has 194 valence electrons. The fraction of sp³-hybridized carbons (Fsp3) is 0.429. The van der Waals surface area contributed by atoms with Gasteiger partial charge >= 0.3 is 0 Å². The normalized spacial score (nSPS) is 15.5. The molecule has 4 rings (SSSR count). The zero-order valence-corrected chi connectivity index (χ0v) is 23.5. The van der Waals surface area contributed by atoms with E-state index in [0.717, 1.165) is 42.6 Å². The lowest BCUT2D eigenvalue weighted by molar-refractivity contribution is -0.113. The molecule has 0 bridgehead atoms. The van der Waals surface area contributed by atoms with E-state index < -0.39 is 0 Å². The minimum Gasteiger partial charge on any atom is -0.482 e. The van der Waals surface area contributed by atoms with Gasteiger partial charge in [-0.3, -0.25) is 9.36 Å². The Balaban J connectivity index is 1.44. The first-order chi connectivity index (χ1) is 17.8. The molecule has 2 aromatic heterocycles. The number of rotatable bonds is 10. The highest BCUT2D eigenvalue weighted by atomic mass is 32.2. The summed E-state index contributed by atoms with van der Waals surface area (Å²) in [5.74, 6) is 2.13. The second-order valence-corrected chi connectivity index (χ2v) is 11.5. The van der Waals surface area contributed by atoms with E-state index in [2.05, 4.69) is 48.1 Å². The fourth-order valence-corrected chi connectivity index (χ4v) is 6.77. The molecule has 0 fully saturated rings. The number of aryl methyl sites for hydroxylation is 2. The van der Waals surface area contributed by atoms with Gasteiger partial charge in [0.15, 0.2) is 17.1 Å². The van der Waals surface area contributed by atoms with Gasteiger partial charge in [0.1, 0.15) is 16.8 Å². The zero-order valence-electron chi connectivity index (χ0n) is 21.8. The number of carbonyl (C=O) groups is 1. The van der Waals surface area contributed by atoms with Crippen molar-refractivity contribution in [2.24, 2.45) is 5.92 Å². The number of hydrogen-bond acceptors (Lipinski definition) is 7. The molecule has 0 spiro atoms. The molecule has 0 saturated carbocycles. The summed E-state index contributed by atoms with van der Waals surface area (Å²) in [7, 11) is 0. The Bertz CT molecular complexity index is 1340. The summed E-state index contributed by atoms with van der Waals surface area (Å²) < 4.78 is 8.12. The van der Waals surface area contributed by atoms with Crippen LogP contribution in [0.3, 0.4) is 0 Å². The van der Waals surface area contributed by atoms with Crippen molar-refractivity contribution in [3.8, 4) is 11.8 Å². The third-order valence-electron chi connectivity index (χ3n) is 6.70. The van der Waals surface area contributed by atoms with Crippen LogP contribution >= 0.6 is 23.1 Å². The van der Waals surface area contributed by atoms with Crippen LogP contribution in [0.1, 0.15) is 65.7 Å². The van der Waals surface area contributed by atoms with Crippen LogP contribution in [-0.4, -0.2) is 26.4 Å². The number of fused-ring (bicyclic) bond motifs is 1. The number of allylic oxidation sites excluding steroid dienone is 1. The topological polar surface area (TPSA) is 92.8 Å². The molecule has 2 heterocycles. The van der Waals surface area contributed by atoms with E-state index in [1.54, 1.807) is 17.4 Å². The van der Waals surface area contributed by atoms with Crippen molar-refractivity contribution in [1.82, 2.24) is 14.8 Å². The molecule has 0 saturated heterocycles. The molecule has 7 nitrogen and oxygen atoms in total. The number of thiophene rings is 1. The molecule has 1 N–H and O–H groups in total. The average molecular weight is 536 g/mol. The van der Waals surface area contributed by atoms with Crippen LogP contribution in [0.25, 0.3) is 0 Å². The smallest absolute Gasteiger partial charge is 0.235 e. The number of nitriles is 1. The van der Waals surface area contributed by atoms with Crippen LogP contribution in [0, 0.1) is 31.1 Å². The summed E-state index contributed by atoms with van der Waals surface area (Å²) in [5, 5.41) is 22.7. The Labute approximate surface area is 226 Å². The predicted molar refractivity (Wildman–Crippen MR) is 149 cm³/mol. The first kappa shape index (κ1) is 27.0. The molecule has 1 amide bonds. The molecule has 37 heavy (non-hydrogen) atoms. The molecule has 0 radical (unpaired) electrons. The Morgan fingerprint density at radius 1 is 1.43 bits per heavy atom. The molecule has 1 aliphatic carbocycles. The highest BCUT2D eigenvalue weighted by Gasteiger charge is 2.26. The first-order valence-electron chi connectivity index (χ1n) is 12.6. The third kappa shape index (κ3) is 6.08. The van der Waals surface area contributed by atoms with Gasteiger partial charge < -0.3 is 10.1 Å². The van der Waals surface area contributed by atoms with E-state index in [1.165, 1.54) is 22.2 Å². The minimum atomic E-state index is -0.334. The number of aromatic nitrogens is 3. The summed E-state index contributed by atoms with van der Waals surface area (Å²) in [6.45, 7) is 12.6. The molecular weight excluding hydrogens is 502 g/mol. The van der Waals surface area contributed by atoms with Gasteiger partial charge in [-0.15, -0.1) is 28.1 Å². The SMILES string of the molecule is C=CCn1c(SCC(=O)Nc2sc3c(c2C#N)CCC(CC)C3)nnc1C(C)Oc1ccc(C)cc1C. The molecular formula is C28H33N5O2S2. The molecule has 9 heteroatoms. The average Bonchev–Trinajstić information content (AvgIpc) is 3.44. The highest BCUT2D eigenvalue weighted by Crippen LogP contribution is 2.40. The van der Waals surface area contributed by atoms with Crippen LogP contribution in [0.4, 0.5) is 5.00 Å². The van der Waals surface area contributed by atoms with E-state index in [9.17, 15) is 10.1 Å². The van der Waals surface area contributed by atoms with Crippen molar-refractivity contribution < 1.29 is 9.53 Å². The van der Waals surface area contributed by atoms with Gasteiger partial charge in [0, 0.05) is 11.4 Å². The number of anilines is 1. The second kappa shape index (κ2) is 12.0. The maximum Gasteiger partial charge on any atom is 0.235 e. The van der Waals surface area contributed by atoms with Crippen molar-refractivity contribution in [2.45, 2.75) is 71.2 Å². The minimum absolute atomic E-state index is 0.159. The van der Waals surface area contributed by atoms with E-state index in [0.29, 0.717) is 34.0 Å². The zero-order chi connectivity index (χ0) is 26.5. The van der Waals surface area contributed by atoms with Crippen LogP contribution in [0.5, 0.6) is 5.75 Å². The highest BCUT2D eigenvalue weighted by molar-refractivity contribution is 7.99.